The van der Waals surface area contributed by atoms with Crippen molar-refractivity contribution in [3.05, 3.63) is 63.2 Å². The van der Waals surface area contributed by atoms with E-state index < -0.39 is 14.8 Å². The zero-order valence-corrected chi connectivity index (χ0v) is 15.5. The van der Waals surface area contributed by atoms with Crippen LogP contribution in [0.2, 0.25) is 5.02 Å². The number of nitrogens with zero attached hydrogens (tertiary/aromatic N) is 2. The number of halogens is 1. The molecule has 0 spiro atoms. The van der Waals surface area contributed by atoms with Gasteiger partial charge in [0.25, 0.3) is 5.69 Å². The van der Waals surface area contributed by atoms with Gasteiger partial charge in [0, 0.05) is 42.1 Å². The molecule has 0 N–H and O–H groups in total. The number of rotatable bonds is 4. The van der Waals surface area contributed by atoms with Crippen molar-refractivity contribution in [1.29, 1.82) is 0 Å². The number of nitro groups is 1. The maximum absolute atomic E-state index is 12.2. The summed E-state index contributed by atoms with van der Waals surface area (Å²) in [6.45, 7) is 1.25. The molecule has 2 aromatic carbocycles. The van der Waals surface area contributed by atoms with Crippen LogP contribution in [0, 0.1) is 10.1 Å². The van der Waals surface area contributed by atoms with Crippen molar-refractivity contribution in [2.45, 2.75) is 11.0 Å². The lowest BCUT2D eigenvalue weighted by Crippen LogP contribution is -2.39. The quantitative estimate of drug-likeness (QED) is 0.582. The van der Waals surface area contributed by atoms with E-state index in [2.05, 4.69) is 0 Å². The monoisotopic (exact) mass is 396 g/mol. The Kier molecular flexibility index (Phi) is 5.17. The van der Waals surface area contributed by atoms with Gasteiger partial charge in [0.2, 0.25) is 0 Å². The van der Waals surface area contributed by atoms with Gasteiger partial charge in [-0.15, -0.1) is 0 Å². The summed E-state index contributed by atoms with van der Waals surface area (Å²) in [5, 5.41) is 11.6. The summed E-state index contributed by atoms with van der Waals surface area (Å²) < 4.78 is 30.2. The summed E-state index contributed by atoms with van der Waals surface area (Å²) in [5.41, 5.74) is 0.991. The molecule has 0 bridgehead atoms. The summed E-state index contributed by atoms with van der Waals surface area (Å²) in [7, 11) is -3.64. The highest BCUT2D eigenvalue weighted by Crippen LogP contribution is 2.34. The third kappa shape index (κ3) is 3.82. The Morgan fingerprint density at radius 1 is 1.27 bits per heavy atom. The number of morpholine rings is 1. The molecule has 0 aliphatic carbocycles. The molecule has 1 heterocycles. The highest BCUT2D eigenvalue weighted by Gasteiger charge is 2.28. The van der Waals surface area contributed by atoms with E-state index in [0.29, 0.717) is 30.4 Å². The minimum Gasteiger partial charge on any atom is -0.370 e. The average molecular weight is 397 g/mol. The van der Waals surface area contributed by atoms with Crippen molar-refractivity contribution >= 4 is 32.8 Å². The van der Waals surface area contributed by atoms with E-state index in [4.69, 9.17) is 16.3 Å². The van der Waals surface area contributed by atoms with Crippen molar-refractivity contribution in [2.24, 2.45) is 0 Å². The molecular formula is C17H17ClN2O5S. The Labute approximate surface area is 156 Å². The summed E-state index contributed by atoms with van der Waals surface area (Å²) in [6, 6.07) is 11.2. The summed E-state index contributed by atoms with van der Waals surface area (Å²) >= 11 is 6.24. The predicted octanol–water partition coefficient (Wildman–Crippen LogP) is 3.23. The maximum atomic E-state index is 12.2. The van der Waals surface area contributed by atoms with Crippen LogP contribution in [0.5, 0.6) is 0 Å². The smallest absolute Gasteiger partial charge is 0.270 e. The number of benzene rings is 2. The molecule has 1 unspecified atom stereocenters. The average Bonchev–Trinajstić information content (AvgIpc) is 2.61. The molecule has 2 aromatic rings. The minimum atomic E-state index is -3.64. The molecule has 3 rings (SSSR count). The molecule has 0 amide bonds. The van der Waals surface area contributed by atoms with Crippen LogP contribution in [0.3, 0.4) is 0 Å². The summed E-state index contributed by atoms with van der Waals surface area (Å²) in [6.07, 6.45) is 0.724. The van der Waals surface area contributed by atoms with Gasteiger partial charge in [0.05, 0.1) is 22.1 Å². The fourth-order valence-corrected chi connectivity index (χ4v) is 4.14. The van der Waals surface area contributed by atoms with Crippen LogP contribution in [-0.4, -0.2) is 39.3 Å². The molecule has 1 aliphatic rings. The van der Waals surface area contributed by atoms with E-state index in [1.165, 1.54) is 12.1 Å². The van der Waals surface area contributed by atoms with Gasteiger partial charge in [0.15, 0.2) is 9.84 Å². The number of hydrogen-bond donors (Lipinski definition) is 0. The lowest BCUT2D eigenvalue weighted by molar-refractivity contribution is -0.385. The van der Waals surface area contributed by atoms with Crippen molar-refractivity contribution in [2.75, 3.05) is 30.9 Å². The Balaban J connectivity index is 1.98. The van der Waals surface area contributed by atoms with Gasteiger partial charge in [0.1, 0.15) is 6.10 Å². The summed E-state index contributed by atoms with van der Waals surface area (Å²) in [5.74, 6) is 0. The highest BCUT2D eigenvalue weighted by molar-refractivity contribution is 7.90. The van der Waals surface area contributed by atoms with E-state index >= 15 is 0 Å². The van der Waals surface area contributed by atoms with E-state index in [1.54, 1.807) is 6.07 Å². The molecule has 26 heavy (non-hydrogen) atoms. The lowest BCUT2D eigenvalue weighted by Gasteiger charge is -2.35. The van der Waals surface area contributed by atoms with Crippen molar-refractivity contribution in [3.63, 3.8) is 0 Å². The van der Waals surface area contributed by atoms with Gasteiger partial charge < -0.3 is 9.64 Å². The van der Waals surface area contributed by atoms with Crippen LogP contribution in [-0.2, 0) is 14.6 Å². The zero-order valence-electron chi connectivity index (χ0n) is 14.0. The van der Waals surface area contributed by atoms with Crippen LogP contribution in [0.4, 0.5) is 11.4 Å². The van der Waals surface area contributed by atoms with Gasteiger partial charge in [-0.3, -0.25) is 10.1 Å². The van der Waals surface area contributed by atoms with Crippen molar-refractivity contribution in [3.8, 4) is 0 Å². The van der Waals surface area contributed by atoms with Crippen LogP contribution >= 0.6 is 11.6 Å². The third-order valence-corrected chi connectivity index (χ3v) is 5.68. The molecule has 0 saturated carbocycles. The largest absolute Gasteiger partial charge is 0.370 e. The standard InChI is InChI=1S/C17H17ClN2O5S/c1-26(23,24)17-10-12(20(21)22)6-7-15(17)19-8-9-25-16(11-19)13-4-2-3-5-14(13)18/h2-7,10,16H,8-9,11H2,1H3. The SMILES string of the molecule is CS(=O)(=O)c1cc([N+](=O)[O-])ccc1N1CCOC(c2ccccc2Cl)C1. The van der Waals surface area contributed by atoms with Crippen molar-refractivity contribution < 1.29 is 18.1 Å². The molecule has 1 atom stereocenters. The molecule has 0 aromatic heterocycles. The second-order valence-corrected chi connectivity index (χ2v) is 8.40. The second-order valence-electron chi connectivity index (χ2n) is 6.01. The Morgan fingerprint density at radius 2 is 2.00 bits per heavy atom. The van der Waals surface area contributed by atoms with E-state index in [-0.39, 0.29) is 16.7 Å². The van der Waals surface area contributed by atoms with Gasteiger partial charge in [-0.25, -0.2) is 8.42 Å². The number of ether oxygens (including phenoxy) is 1. The minimum absolute atomic E-state index is 0.0634. The van der Waals surface area contributed by atoms with E-state index in [0.717, 1.165) is 17.9 Å². The molecule has 138 valence electrons. The Bertz CT molecular complexity index is 948. The molecule has 1 fully saturated rings. The van der Waals surface area contributed by atoms with E-state index in [9.17, 15) is 18.5 Å². The number of anilines is 1. The fourth-order valence-electron chi connectivity index (χ4n) is 2.97. The number of hydrogen-bond acceptors (Lipinski definition) is 6. The first-order valence-electron chi connectivity index (χ1n) is 7.87. The molecule has 0 radical (unpaired) electrons. The van der Waals surface area contributed by atoms with Gasteiger partial charge >= 0.3 is 0 Å². The first-order chi connectivity index (χ1) is 12.3. The maximum Gasteiger partial charge on any atom is 0.270 e. The number of sulfone groups is 1. The molecule has 7 nitrogen and oxygen atoms in total. The van der Waals surface area contributed by atoms with Gasteiger partial charge in [-0.1, -0.05) is 29.8 Å². The van der Waals surface area contributed by atoms with Crippen LogP contribution < -0.4 is 4.90 Å². The lowest BCUT2D eigenvalue weighted by atomic mass is 10.1. The fraction of sp³-hybridized carbons (Fsp3) is 0.294. The highest BCUT2D eigenvalue weighted by atomic mass is 35.5. The van der Waals surface area contributed by atoms with Crippen LogP contribution in [0.15, 0.2) is 47.4 Å². The topological polar surface area (TPSA) is 89.8 Å². The first-order valence-corrected chi connectivity index (χ1v) is 10.1. The first kappa shape index (κ1) is 18.6. The predicted molar refractivity (Wildman–Crippen MR) is 98.6 cm³/mol. The number of nitro benzene ring substituents is 1. The summed E-state index contributed by atoms with van der Waals surface area (Å²) in [4.78, 5) is 12.2. The normalized spacial score (nSPS) is 17.9. The van der Waals surface area contributed by atoms with E-state index in [1.807, 2.05) is 23.1 Å². The van der Waals surface area contributed by atoms with Crippen LogP contribution in [0.1, 0.15) is 11.7 Å². The second kappa shape index (κ2) is 7.22. The van der Waals surface area contributed by atoms with Crippen molar-refractivity contribution in [1.82, 2.24) is 0 Å². The zero-order chi connectivity index (χ0) is 18.9. The third-order valence-electron chi connectivity index (χ3n) is 4.21. The molecule has 1 aliphatic heterocycles. The van der Waals surface area contributed by atoms with Gasteiger partial charge in [-0.2, -0.15) is 0 Å². The van der Waals surface area contributed by atoms with Crippen LogP contribution in [0.25, 0.3) is 0 Å². The molecule has 9 heteroatoms. The molecule has 1 saturated heterocycles. The van der Waals surface area contributed by atoms with Gasteiger partial charge in [-0.05, 0) is 12.1 Å². The molecular weight excluding hydrogens is 380 g/mol. The Hall–Kier alpha value is -2.16. The number of non-ortho nitro benzene ring substituents is 1. The Morgan fingerprint density at radius 3 is 2.65 bits per heavy atom.